The van der Waals surface area contributed by atoms with Crippen LogP contribution in [0.15, 0.2) is 0 Å². The van der Waals surface area contributed by atoms with Gasteiger partial charge < -0.3 is 10.2 Å². The first-order valence-corrected chi connectivity index (χ1v) is 2.55. The van der Waals surface area contributed by atoms with Gasteiger partial charge in [0.1, 0.15) is 0 Å². The molecule has 0 rings (SSSR count). The monoisotopic (exact) mass is 117 g/mol. The molecule has 1 radical (unpaired) electrons. The van der Waals surface area contributed by atoms with E-state index in [-0.39, 0.29) is 0 Å². The van der Waals surface area contributed by atoms with Crippen molar-refractivity contribution in [2.45, 2.75) is 32.0 Å². The molecule has 2 heteroatoms. The van der Waals surface area contributed by atoms with Gasteiger partial charge in [-0.2, -0.15) is 0 Å². The van der Waals surface area contributed by atoms with Crippen LogP contribution in [0.1, 0.15) is 20.8 Å². The summed E-state index contributed by atoms with van der Waals surface area (Å²) in [5.74, 6) is 0. The molecule has 2 N–H and O–H groups in total. The van der Waals surface area contributed by atoms with Gasteiger partial charge in [0, 0.05) is 0 Å². The summed E-state index contributed by atoms with van der Waals surface area (Å²) in [6.07, 6.45) is 0. The second-order valence-corrected chi connectivity index (χ2v) is 2.83. The average Bonchev–Trinajstić information content (AvgIpc) is 1.25. The second kappa shape index (κ2) is 1.71. The van der Waals surface area contributed by atoms with Crippen LogP contribution >= 0.6 is 0 Å². The molecule has 0 aliphatic rings. The summed E-state index contributed by atoms with van der Waals surface area (Å²) in [7, 11) is 0. The summed E-state index contributed by atoms with van der Waals surface area (Å²) in [6, 6.07) is 0. The summed E-state index contributed by atoms with van der Waals surface area (Å²) in [5, 5.41) is 18.0. The number of aliphatic hydroxyl groups is 2. The predicted octanol–water partition coefficient (Wildman–Crippen LogP) is 0.342. The molecule has 0 amide bonds. The fourth-order valence-corrected chi connectivity index (χ4v) is 0. The highest BCUT2D eigenvalue weighted by molar-refractivity contribution is 4.91. The highest BCUT2D eigenvalue weighted by Crippen LogP contribution is 2.18. The van der Waals surface area contributed by atoms with Crippen LogP contribution in [-0.4, -0.2) is 21.4 Å². The predicted molar refractivity (Wildman–Crippen MR) is 32.3 cm³/mol. The van der Waals surface area contributed by atoms with Gasteiger partial charge >= 0.3 is 0 Å². The first-order valence-electron chi connectivity index (χ1n) is 2.55. The van der Waals surface area contributed by atoms with Crippen molar-refractivity contribution in [3.05, 3.63) is 6.92 Å². The van der Waals surface area contributed by atoms with Crippen LogP contribution in [0.4, 0.5) is 0 Å². The molecular formula is C6H13O2. The molecule has 0 saturated carbocycles. The quantitative estimate of drug-likeness (QED) is 0.520. The van der Waals surface area contributed by atoms with Crippen LogP contribution in [0.2, 0.25) is 0 Å². The van der Waals surface area contributed by atoms with E-state index in [2.05, 4.69) is 6.92 Å². The molecule has 2 nitrogen and oxygen atoms in total. The van der Waals surface area contributed by atoms with Crippen LogP contribution in [0, 0.1) is 6.92 Å². The Labute approximate surface area is 50.2 Å². The molecule has 0 bridgehead atoms. The maximum Gasteiger partial charge on any atom is 0.0901 e. The third kappa shape index (κ3) is 1.80. The third-order valence-corrected chi connectivity index (χ3v) is 1.32. The summed E-state index contributed by atoms with van der Waals surface area (Å²) >= 11 is 0. The van der Waals surface area contributed by atoms with Gasteiger partial charge in [-0.15, -0.1) is 0 Å². The number of hydrogen-bond acceptors (Lipinski definition) is 2. The van der Waals surface area contributed by atoms with Gasteiger partial charge in [0.15, 0.2) is 0 Å². The molecule has 0 aromatic carbocycles. The minimum atomic E-state index is -1.26. The van der Waals surface area contributed by atoms with Gasteiger partial charge in [-0.25, -0.2) is 0 Å². The molecule has 0 aliphatic heterocycles. The van der Waals surface area contributed by atoms with Crippen molar-refractivity contribution in [2.24, 2.45) is 0 Å². The lowest BCUT2D eigenvalue weighted by Crippen LogP contribution is -2.44. The topological polar surface area (TPSA) is 40.5 Å². The maximum absolute atomic E-state index is 9.04. The standard InChI is InChI=1S/C6H13O2/c1-5(2,7)6(3,4)8/h7-8H,1H2,2-4H3. The van der Waals surface area contributed by atoms with Gasteiger partial charge in [-0.05, 0) is 27.7 Å². The lowest BCUT2D eigenvalue weighted by atomic mass is 9.90. The van der Waals surface area contributed by atoms with Crippen molar-refractivity contribution >= 4 is 0 Å². The highest BCUT2D eigenvalue weighted by Gasteiger charge is 2.32. The van der Waals surface area contributed by atoms with Crippen LogP contribution in [0.3, 0.4) is 0 Å². The minimum Gasteiger partial charge on any atom is -0.387 e. The van der Waals surface area contributed by atoms with Gasteiger partial charge in [0.25, 0.3) is 0 Å². The molecule has 0 aromatic rings. The fourth-order valence-electron chi connectivity index (χ4n) is 0. The Hall–Kier alpha value is -0.0800. The van der Waals surface area contributed by atoms with E-state index in [4.69, 9.17) is 10.2 Å². The molecule has 1 unspecified atom stereocenters. The van der Waals surface area contributed by atoms with Crippen LogP contribution < -0.4 is 0 Å². The lowest BCUT2D eigenvalue weighted by molar-refractivity contribution is -0.0902. The molecule has 0 spiro atoms. The van der Waals surface area contributed by atoms with Crippen molar-refractivity contribution in [1.29, 1.82) is 0 Å². The van der Waals surface area contributed by atoms with E-state index in [1.165, 1.54) is 20.8 Å². The smallest absolute Gasteiger partial charge is 0.0901 e. The Kier molecular flexibility index (Phi) is 1.69. The van der Waals surface area contributed by atoms with E-state index < -0.39 is 11.2 Å². The van der Waals surface area contributed by atoms with Crippen LogP contribution in [-0.2, 0) is 0 Å². The highest BCUT2D eigenvalue weighted by atomic mass is 16.3. The molecule has 1 atom stereocenters. The minimum absolute atomic E-state index is 1.12. The lowest BCUT2D eigenvalue weighted by Gasteiger charge is -2.31. The molecule has 0 aromatic heterocycles. The number of hydrogen-bond donors (Lipinski definition) is 2. The molecule has 0 heterocycles. The first-order chi connectivity index (χ1) is 3.25. The van der Waals surface area contributed by atoms with E-state index in [0.717, 1.165) is 0 Å². The second-order valence-electron chi connectivity index (χ2n) is 2.83. The molecular weight excluding hydrogens is 104 g/mol. The molecule has 8 heavy (non-hydrogen) atoms. The van der Waals surface area contributed by atoms with Crippen molar-refractivity contribution in [2.75, 3.05) is 0 Å². The normalized spacial score (nSPS) is 14.2. The number of rotatable bonds is 1. The van der Waals surface area contributed by atoms with E-state index >= 15 is 0 Å². The average molecular weight is 117 g/mol. The Morgan fingerprint density at radius 2 is 1.25 bits per heavy atom. The van der Waals surface area contributed by atoms with Crippen molar-refractivity contribution in [3.8, 4) is 0 Å². The molecule has 0 saturated heterocycles. The fraction of sp³-hybridized carbons (Fsp3) is 0.833. The Morgan fingerprint density at radius 3 is 1.25 bits per heavy atom. The van der Waals surface area contributed by atoms with Crippen LogP contribution in [0.25, 0.3) is 0 Å². The van der Waals surface area contributed by atoms with Crippen molar-refractivity contribution < 1.29 is 10.2 Å². The van der Waals surface area contributed by atoms with Crippen molar-refractivity contribution in [3.63, 3.8) is 0 Å². The zero-order chi connectivity index (χ0) is 7.00. The third-order valence-electron chi connectivity index (χ3n) is 1.32. The van der Waals surface area contributed by atoms with Gasteiger partial charge in [0.2, 0.25) is 0 Å². The van der Waals surface area contributed by atoms with Crippen LogP contribution in [0.5, 0.6) is 0 Å². The maximum atomic E-state index is 9.04. The Morgan fingerprint density at radius 1 is 1.12 bits per heavy atom. The molecule has 0 fully saturated rings. The van der Waals surface area contributed by atoms with Gasteiger partial charge in [0.05, 0.1) is 11.2 Å². The van der Waals surface area contributed by atoms with E-state index in [0.29, 0.717) is 0 Å². The SMILES string of the molecule is [CH2]C(C)(O)C(C)(C)O. The Balaban J connectivity index is 4.02. The Bertz CT molecular complexity index is 61.5. The van der Waals surface area contributed by atoms with E-state index in [1.807, 2.05) is 0 Å². The zero-order valence-electron chi connectivity index (χ0n) is 5.60. The largest absolute Gasteiger partial charge is 0.387 e. The van der Waals surface area contributed by atoms with E-state index in [1.54, 1.807) is 0 Å². The summed E-state index contributed by atoms with van der Waals surface area (Å²) in [4.78, 5) is 0. The van der Waals surface area contributed by atoms with Gasteiger partial charge in [-0.1, -0.05) is 0 Å². The summed E-state index contributed by atoms with van der Waals surface area (Å²) in [6.45, 7) is 7.84. The zero-order valence-corrected chi connectivity index (χ0v) is 5.60. The van der Waals surface area contributed by atoms with E-state index in [9.17, 15) is 0 Å². The van der Waals surface area contributed by atoms with Gasteiger partial charge in [-0.3, -0.25) is 0 Å². The molecule has 49 valence electrons. The first kappa shape index (κ1) is 7.92. The summed E-state index contributed by atoms with van der Waals surface area (Å²) in [5.41, 5.74) is -2.37. The van der Waals surface area contributed by atoms with Crippen molar-refractivity contribution in [1.82, 2.24) is 0 Å². The summed E-state index contributed by atoms with van der Waals surface area (Å²) < 4.78 is 0. The molecule has 0 aliphatic carbocycles.